The molecule has 0 bridgehead atoms. The normalized spacial score (nSPS) is 19.0. The molecule has 1 N–H and O–H groups in total. The Labute approximate surface area is 99.4 Å². The molecule has 0 saturated carbocycles. The highest BCUT2D eigenvalue weighted by Gasteiger charge is 2.17. The summed E-state index contributed by atoms with van der Waals surface area (Å²) in [6, 6.07) is 1.50. The summed E-state index contributed by atoms with van der Waals surface area (Å²) in [5.41, 5.74) is 0.301. The Morgan fingerprint density at radius 2 is 2.53 bits per heavy atom. The van der Waals surface area contributed by atoms with Crippen molar-refractivity contribution in [2.75, 3.05) is 20.3 Å². The van der Waals surface area contributed by atoms with Gasteiger partial charge in [-0.25, -0.2) is 9.97 Å². The molecular weight excluding hydrogens is 222 g/mol. The summed E-state index contributed by atoms with van der Waals surface area (Å²) in [5, 5.41) is 2.78. The molecule has 17 heavy (non-hydrogen) atoms. The van der Waals surface area contributed by atoms with Crippen LogP contribution in [0.5, 0.6) is 5.88 Å². The lowest BCUT2D eigenvalue weighted by Crippen LogP contribution is -2.32. The van der Waals surface area contributed by atoms with Gasteiger partial charge in [-0.2, -0.15) is 0 Å². The van der Waals surface area contributed by atoms with Crippen LogP contribution in [0.3, 0.4) is 0 Å². The van der Waals surface area contributed by atoms with Crippen LogP contribution < -0.4 is 10.1 Å². The first kappa shape index (κ1) is 11.8. The predicted molar refractivity (Wildman–Crippen MR) is 59.9 cm³/mol. The summed E-state index contributed by atoms with van der Waals surface area (Å²) in [4.78, 5) is 19.5. The monoisotopic (exact) mass is 237 g/mol. The lowest BCUT2D eigenvalue weighted by molar-refractivity contribution is 0.0853. The second-order valence-corrected chi connectivity index (χ2v) is 3.79. The van der Waals surface area contributed by atoms with Gasteiger partial charge in [-0.1, -0.05) is 0 Å². The molecule has 92 valence electrons. The molecule has 1 atom stereocenters. The number of amides is 1. The van der Waals surface area contributed by atoms with Gasteiger partial charge in [0.25, 0.3) is 5.91 Å². The Morgan fingerprint density at radius 3 is 3.24 bits per heavy atom. The summed E-state index contributed by atoms with van der Waals surface area (Å²) in [6.45, 7) is 1.30. The van der Waals surface area contributed by atoms with Crippen molar-refractivity contribution in [3.05, 3.63) is 18.1 Å². The third kappa shape index (κ3) is 3.13. The molecule has 0 radical (unpaired) electrons. The Hall–Kier alpha value is -1.69. The van der Waals surface area contributed by atoms with Gasteiger partial charge in [0, 0.05) is 19.2 Å². The Bertz CT molecular complexity index is 391. The first-order valence-electron chi connectivity index (χ1n) is 5.55. The average Bonchev–Trinajstić information content (AvgIpc) is 2.89. The van der Waals surface area contributed by atoms with Crippen LogP contribution in [0.2, 0.25) is 0 Å². The van der Waals surface area contributed by atoms with Crippen LogP contribution in [0.4, 0.5) is 0 Å². The minimum atomic E-state index is -0.235. The molecule has 1 amide bonds. The molecule has 0 spiro atoms. The van der Waals surface area contributed by atoms with E-state index >= 15 is 0 Å². The third-order valence-electron chi connectivity index (χ3n) is 2.60. The van der Waals surface area contributed by atoms with E-state index in [1.54, 1.807) is 0 Å². The van der Waals surface area contributed by atoms with Gasteiger partial charge in [-0.3, -0.25) is 4.79 Å². The fraction of sp³-hybridized carbons (Fsp3) is 0.545. The fourth-order valence-corrected chi connectivity index (χ4v) is 1.68. The second-order valence-electron chi connectivity index (χ2n) is 3.79. The highest BCUT2D eigenvalue weighted by atomic mass is 16.5. The molecule has 1 aliphatic heterocycles. The minimum Gasteiger partial charge on any atom is -0.481 e. The number of hydrogen-bond donors (Lipinski definition) is 1. The topological polar surface area (TPSA) is 73.3 Å². The summed E-state index contributed by atoms with van der Waals surface area (Å²) >= 11 is 0. The van der Waals surface area contributed by atoms with Crippen molar-refractivity contribution in [3.8, 4) is 5.88 Å². The van der Waals surface area contributed by atoms with Gasteiger partial charge in [0.05, 0.1) is 13.2 Å². The van der Waals surface area contributed by atoms with E-state index in [0.717, 1.165) is 19.4 Å². The largest absolute Gasteiger partial charge is 0.481 e. The van der Waals surface area contributed by atoms with Gasteiger partial charge >= 0.3 is 0 Å². The van der Waals surface area contributed by atoms with E-state index in [1.165, 1.54) is 19.5 Å². The van der Waals surface area contributed by atoms with Gasteiger partial charge < -0.3 is 14.8 Å². The van der Waals surface area contributed by atoms with Crippen LogP contribution in [0.25, 0.3) is 0 Å². The first-order chi connectivity index (χ1) is 8.29. The molecule has 1 unspecified atom stereocenters. The molecule has 0 aliphatic carbocycles. The molecule has 0 aromatic carbocycles. The Morgan fingerprint density at radius 1 is 1.65 bits per heavy atom. The Balaban J connectivity index is 1.89. The number of methoxy groups -OCH3 is 1. The van der Waals surface area contributed by atoms with Crippen LogP contribution in [0.1, 0.15) is 23.3 Å². The van der Waals surface area contributed by atoms with Gasteiger partial charge in [0.15, 0.2) is 0 Å². The Kier molecular flexibility index (Phi) is 3.87. The summed E-state index contributed by atoms with van der Waals surface area (Å²) < 4.78 is 10.3. The summed E-state index contributed by atoms with van der Waals surface area (Å²) in [7, 11) is 1.50. The second kappa shape index (κ2) is 5.58. The van der Waals surface area contributed by atoms with E-state index in [2.05, 4.69) is 15.3 Å². The van der Waals surface area contributed by atoms with Crippen molar-refractivity contribution < 1.29 is 14.3 Å². The van der Waals surface area contributed by atoms with E-state index in [9.17, 15) is 4.79 Å². The number of nitrogens with one attached hydrogen (secondary N) is 1. The van der Waals surface area contributed by atoms with Gasteiger partial charge in [-0.15, -0.1) is 0 Å². The molecule has 1 aliphatic rings. The van der Waals surface area contributed by atoms with Crippen molar-refractivity contribution in [1.29, 1.82) is 0 Å². The lowest BCUT2D eigenvalue weighted by Gasteiger charge is -2.10. The standard InChI is InChI=1S/C11H15N3O3/c1-16-10-5-9(13-7-14-10)11(15)12-6-8-3-2-4-17-8/h5,7-8H,2-4,6H2,1H3,(H,12,15). The van der Waals surface area contributed by atoms with Gasteiger partial charge in [-0.05, 0) is 12.8 Å². The maximum Gasteiger partial charge on any atom is 0.270 e. The van der Waals surface area contributed by atoms with Crippen molar-refractivity contribution >= 4 is 5.91 Å². The number of nitrogens with zero attached hydrogens (tertiary/aromatic N) is 2. The average molecular weight is 237 g/mol. The van der Waals surface area contributed by atoms with Crippen molar-refractivity contribution in [3.63, 3.8) is 0 Å². The van der Waals surface area contributed by atoms with Gasteiger partial charge in [0.1, 0.15) is 12.0 Å². The highest BCUT2D eigenvalue weighted by Crippen LogP contribution is 2.11. The molecule has 1 aromatic heterocycles. The zero-order valence-corrected chi connectivity index (χ0v) is 9.68. The predicted octanol–water partition coefficient (Wildman–Crippen LogP) is 0.394. The maximum absolute atomic E-state index is 11.8. The van der Waals surface area contributed by atoms with Crippen molar-refractivity contribution in [1.82, 2.24) is 15.3 Å². The highest BCUT2D eigenvalue weighted by molar-refractivity contribution is 5.92. The molecule has 2 rings (SSSR count). The lowest BCUT2D eigenvalue weighted by atomic mass is 10.2. The molecule has 6 nitrogen and oxygen atoms in total. The van der Waals surface area contributed by atoms with Crippen molar-refractivity contribution in [2.45, 2.75) is 18.9 Å². The van der Waals surface area contributed by atoms with Crippen LogP contribution in [-0.2, 0) is 4.74 Å². The van der Waals surface area contributed by atoms with E-state index in [-0.39, 0.29) is 12.0 Å². The van der Waals surface area contributed by atoms with E-state index in [4.69, 9.17) is 9.47 Å². The molecule has 1 aromatic rings. The molecule has 1 saturated heterocycles. The molecule has 6 heteroatoms. The number of ether oxygens (including phenoxy) is 2. The third-order valence-corrected chi connectivity index (χ3v) is 2.60. The number of carbonyl (C=O) groups excluding carboxylic acids is 1. The summed E-state index contributed by atoms with van der Waals surface area (Å²) in [6.07, 6.45) is 3.48. The minimum absolute atomic E-state index is 0.127. The van der Waals surface area contributed by atoms with Crippen LogP contribution in [0.15, 0.2) is 12.4 Å². The summed E-state index contributed by atoms with van der Waals surface area (Å²) in [5.74, 6) is 0.142. The molecule has 1 fully saturated rings. The van der Waals surface area contributed by atoms with Gasteiger partial charge in [0.2, 0.25) is 5.88 Å². The van der Waals surface area contributed by atoms with Crippen LogP contribution >= 0.6 is 0 Å². The quantitative estimate of drug-likeness (QED) is 0.820. The first-order valence-corrected chi connectivity index (χ1v) is 5.55. The number of carbonyl (C=O) groups is 1. The zero-order chi connectivity index (χ0) is 12.1. The molecule has 2 heterocycles. The van der Waals surface area contributed by atoms with Crippen LogP contribution in [-0.4, -0.2) is 42.2 Å². The SMILES string of the molecule is COc1cc(C(=O)NCC2CCCO2)ncn1. The number of aromatic nitrogens is 2. The number of hydrogen-bond acceptors (Lipinski definition) is 5. The van der Waals surface area contributed by atoms with E-state index in [0.29, 0.717) is 18.1 Å². The zero-order valence-electron chi connectivity index (χ0n) is 9.68. The van der Waals surface area contributed by atoms with Crippen molar-refractivity contribution in [2.24, 2.45) is 0 Å². The maximum atomic E-state index is 11.8. The van der Waals surface area contributed by atoms with E-state index in [1.807, 2.05) is 0 Å². The van der Waals surface area contributed by atoms with E-state index < -0.39 is 0 Å². The van der Waals surface area contributed by atoms with Crippen LogP contribution in [0, 0.1) is 0 Å². The molecular formula is C11H15N3O3. The smallest absolute Gasteiger partial charge is 0.270 e. The number of rotatable bonds is 4. The fourth-order valence-electron chi connectivity index (χ4n) is 1.68.